The largest absolute Gasteiger partial charge is 0.463 e. The topological polar surface area (TPSA) is 107 Å². The Morgan fingerprint density at radius 2 is 1.97 bits per heavy atom. The van der Waals surface area contributed by atoms with Crippen LogP contribution < -0.4 is 5.32 Å². The Kier molecular flexibility index (Phi) is 4.90. The van der Waals surface area contributed by atoms with Crippen molar-refractivity contribution in [2.45, 2.75) is 18.7 Å². The van der Waals surface area contributed by atoms with Gasteiger partial charge in [0.2, 0.25) is 0 Å². The number of anilines is 1. The number of nitrogens with one attached hydrogen (secondary N) is 1. The second-order valence-electron chi connectivity index (χ2n) is 6.79. The van der Waals surface area contributed by atoms with Gasteiger partial charge in [0.05, 0.1) is 39.2 Å². The predicted octanol–water partition coefficient (Wildman–Crippen LogP) is 3.58. The van der Waals surface area contributed by atoms with E-state index < -0.39 is 15.7 Å². The first kappa shape index (κ1) is 19.8. The number of carbonyl (C=O) groups is 1. The van der Waals surface area contributed by atoms with Gasteiger partial charge < -0.3 is 9.73 Å². The van der Waals surface area contributed by atoms with Crippen molar-refractivity contribution in [3.05, 3.63) is 60.0 Å². The van der Waals surface area contributed by atoms with E-state index in [4.69, 9.17) is 4.42 Å². The normalized spacial score (nSPS) is 11.7. The van der Waals surface area contributed by atoms with E-state index in [1.54, 1.807) is 62.0 Å². The molecule has 0 bridgehead atoms. The van der Waals surface area contributed by atoms with E-state index in [9.17, 15) is 13.2 Å². The van der Waals surface area contributed by atoms with Crippen LogP contribution in [0.15, 0.2) is 58.0 Å². The SMILES string of the molecule is CCS(=O)(=O)c1ccccc1NC(=O)c1cc(-c2ccco2)nc2c1c(C)nn2C. The summed E-state index contributed by atoms with van der Waals surface area (Å²) in [6.45, 7) is 3.36. The Hall–Kier alpha value is -3.46. The number of para-hydroxylation sites is 1. The van der Waals surface area contributed by atoms with Crippen LogP contribution in [0.2, 0.25) is 0 Å². The average molecular weight is 424 g/mol. The van der Waals surface area contributed by atoms with Gasteiger partial charge in [-0.1, -0.05) is 19.1 Å². The molecule has 3 aromatic heterocycles. The molecule has 4 rings (SSSR count). The van der Waals surface area contributed by atoms with Crippen molar-refractivity contribution in [3.8, 4) is 11.5 Å². The lowest BCUT2D eigenvalue weighted by Gasteiger charge is -2.12. The van der Waals surface area contributed by atoms with E-state index in [2.05, 4.69) is 15.4 Å². The highest BCUT2D eigenvalue weighted by atomic mass is 32.2. The number of benzene rings is 1. The molecule has 0 aliphatic rings. The highest BCUT2D eigenvalue weighted by Gasteiger charge is 2.22. The van der Waals surface area contributed by atoms with Crippen LogP contribution >= 0.6 is 0 Å². The van der Waals surface area contributed by atoms with Gasteiger partial charge in [0.25, 0.3) is 5.91 Å². The molecule has 1 aromatic carbocycles. The smallest absolute Gasteiger partial charge is 0.256 e. The number of aromatic nitrogens is 3. The number of hydrogen-bond acceptors (Lipinski definition) is 6. The molecule has 3 heterocycles. The fourth-order valence-electron chi connectivity index (χ4n) is 3.36. The van der Waals surface area contributed by atoms with E-state index in [0.717, 1.165) is 0 Å². The first-order chi connectivity index (χ1) is 14.3. The van der Waals surface area contributed by atoms with Gasteiger partial charge in [-0.05, 0) is 37.3 Å². The molecule has 30 heavy (non-hydrogen) atoms. The molecule has 1 N–H and O–H groups in total. The van der Waals surface area contributed by atoms with Crippen molar-refractivity contribution in [3.63, 3.8) is 0 Å². The molecule has 0 saturated carbocycles. The van der Waals surface area contributed by atoms with Crippen LogP contribution in [0.1, 0.15) is 23.0 Å². The Labute approximate surface area is 173 Å². The van der Waals surface area contributed by atoms with Crippen LogP contribution in [-0.4, -0.2) is 34.8 Å². The third-order valence-electron chi connectivity index (χ3n) is 4.84. The van der Waals surface area contributed by atoms with Gasteiger partial charge >= 0.3 is 0 Å². The average Bonchev–Trinajstić information content (AvgIpc) is 3.36. The number of fused-ring (bicyclic) bond motifs is 1. The summed E-state index contributed by atoms with van der Waals surface area (Å²) >= 11 is 0. The number of furan rings is 1. The summed E-state index contributed by atoms with van der Waals surface area (Å²) in [6.07, 6.45) is 1.53. The van der Waals surface area contributed by atoms with Crippen molar-refractivity contribution in [2.24, 2.45) is 7.05 Å². The molecule has 0 aliphatic heterocycles. The van der Waals surface area contributed by atoms with Crippen molar-refractivity contribution in [1.29, 1.82) is 0 Å². The lowest BCUT2D eigenvalue weighted by Crippen LogP contribution is -2.16. The first-order valence-corrected chi connectivity index (χ1v) is 11.0. The second-order valence-corrected chi connectivity index (χ2v) is 9.04. The minimum Gasteiger partial charge on any atom is -0.463 e. The summed E-state index contributed by atoms with van der Waals surface area (Å²) in [4.78, 5) is 18.0. The highest BCUT2D eigenvalue weighted by molar-refractivity contribution is 7.91. The van der Waals surface area contributed by atoms with Crippen molar-refractivity contribution in [1.82, 2.24) is 14.8 Å². The highest BCUT2D eigenvalue weighted by Crippen LogP contribution is 2.29. The molecule has 4 aromatic rings. The molecule has 8 nitrogen and oxygen atoms in total. The van der Waals surface area contributed by atoms with Gasteiger partial charge in [-0.25, -0.2) is 13.4 Å². The van der Waals surface area contributed by atoms with Crippen LogP contribution in [0, 0.1) is 6.92 Å². The van der Waals surface area contributed by atoms with E-state index in [-0.39, 0.29) is 16.3 Å². The third kappa shape index (κ3) is 3.37. The van der Waals surface area contributed by atoms with Crippen LogP contribution in [0.5, 0.6) is 0 Å². The summed E-state index contributed by atoms with van der Waals surface area (Å²) < 4.78 is 31.9. The van der Waals surface area contributed by atoms with Crippen LogP contribution in [0.4, 0.5) is 5.69 Å². The van der Waals surface area contributed by atoms with Crippen LogP contribution in [0.3, 0.4) is 0 Å². The maximum atomic E-state index is 13.3. The maximum absolute atomic E-state index is 13.3. The summed E-state index contributed by atoms with van der Waals surface area (Å²) in [5.74, 6) is -0.00664. The zero-order valence-corrected chi connectivity index (χ0v) is 17.5. The van der Waals surface area contributed by atoms with Gasteiger partial charge in [-0.15, -0.1) is 0 Å². The molecule has 9 heteroatoms. The van der Waals surface area contributed by atoms with E-state index in [0.29, 0.717) is 33.7 Å². The van der Waals surface area contributed by atoms with Gasteiger partial charge in [0.1, 0.15) is 5.69 Å². The second kappa shape index (κ2) is 7.42. The number of carbonyl (C=O) groups excluding carboxylic acids is 1. The van der Waals surface area contributed by atoms with E-state index >= 15 is 0 Å². The quantitative estimate of drug-likeness (QED) is 0.525. The zero-order valence-electron chi connectivity index (χ0n) is 16.7. The Morgan fingerprint density at radius 1 is 1.20 bits per heavy atom. The number of nitrogens with zero attached hydrogens (tertiary/aromatic N) is 3. The third-order valence-corrected chi connectivity index (χ3v) is 6.62. The summed E-state index contributed by atoms with van der Waals surface area (Å²) in [5.41, 5.74) is 2.22. The Bertz CT molecular complexity index is 1360. The number of sulfone groups is 1. The minimum atomic E-state index is -3.51. The van der Waals surface area contributed by atoms with E-state index in [1.807, 2.05) is 0 Å². The standard InChI is InChI=1S/C21H20N4O4S/c1-4-30(27,28)18-10-6-5-8-15(18)23-21(26)14-12-16(17-9-7-11-29-17)22-20-19(14)13(2)24-25(20)3/h5-12H,4H2,1-3H3,(H,23,26). The van der Waals surface area contributed by atoms with Crippen molar-refractivity contribution in [2.75, 3.05) is 11.1 Å². The van der Waals surface area contributed by atoms with Crippen LogP contribution in [0.25, 0.3) is 22.5 Å². The van der Waals surface area contributed by atoms with Gasteiger partial charge in [-0.2, -0.15) is 5.10 Å². The lowest BCUT2D eigenvalue weighted by atomic mass is 10.1. The zero-order chi connectivity index (χ0) is 21.5. The lowest BCUT2D eigenvalue weighted by molar-refractivity contribution is 0.102. The summed E-state index contributed by atoms with van der Waals surface area (Å²) in [5, 5.41) is 7.73. The summed E-state index contributed by atoms with van der Waals surface area (Å²) in [7, 11) is -1.76. The maximum Gasteiger partial charge on any atom is 0.256 e. The molecule has 0 saturated heterocycles. The van der Waals surface area contributed by atoms with Crippen LogP contribution in [-0.2, 0) is 16.9 Å². The molecular formula is C21H20N4O4S. The minimum absolute atomic E-state index is 0.0657. The molecular weight excluding hydrogens is 404 g/mol. The van der Waals surface area contributed by atoms with Gasteiger partial charge in [-0.3, -0.25) is 9.48 Å². The molecule has 0 radical (unpaired) electrons. The first-order valence-electron chi connectivity index (χ1n) is 9.33. The predicted molar refractivity (Wildman–Crippen MR) is 113 cm³/mol. The molecule has 0 spiro atoms. The molecule has 0 atom stereocenters. The molecule has 1 amide bonds. The van der Waals surface area contributed by atoms with Gasteiger partial charge in [0.15, 0.2) is 21.2 Å². The molecule has 0 aliphatic carbocycles. The molecule has 0 fully saturated rings. The van der Waals surface area contributed by atoms with Gasteiger partial charge in [0, 0.05) is 7.05 Å². The molecule has 0 unspecified atom stereocenters. The summed E-state index contributed by atoms with van der Waals surface area (Å²) in [6, 6.07) is 11.5. The number of pyridine rings is 1. The number of rotatable bonds is 5. The monoisotopic (exact) mass is 424 g/mol. The van der Waals surface area contributed by atoms with Crippen molar-refractivity contribution >= 4 is 32.5 Å². The number of hydrogen-bond donors (Lipinski definition) is 1. The molecule has 154 valence electrons. The fraction of sp³-hybridized carbons (Fsp3) is 0.190. The fourth-order valence-corrected chi connectivity index (χ4v) is 4.41. The number of aryl methyl sites for hydroxylation is 2. The Balaban J connectivity index is 1.85. The van der Waals surface area contributed by atoms with E-state index in [1.165, 1.54) is 12.3 Å². The Morgan fingerprint density at radius 3 is 2.67 bits per heavy atom. The number of amides is 1. The van der Waals surface area contributed by atoms with Crippen molar-refractivity contribution < 1.29 is 17.6 Å².